The summed E-state index contributed by atoms with van der Waals surface area (Å²) in [4.78, 5) is 15.4. The lowest BCUT2D eigenvalue weighted by Gasteiger charge is -2.05. The predicted molar refractivity (Wildman–Crippen MR) is 83.8 cm³/mol. The zero-order valence-corrected chi connectivity index (χ0v) is 11.9. The van der Waals surface area contributed by atoms with E-state index in [4.69, 9.17) is 0 Å². The second kappa shape index (κ2) is 4.98. The highest BCUT2D eigenvalue weighted by Gasteiger charge is 2.12. The maximum Gasteiger partial charge on any atom is 0.272 e. The summed E-state index contributed by atoms with van der Waals surface area (Å²) in [5, 5.41) is 13.4. The van der Waals surface area contributed by atoms with Crippen LogP contribution >= 0.6 is 0 Å². The van der Waals surface area contributed by atoms with Gasteiger partial charge in [0.05, 0.1) is 5.69 Å². The molecule has 0 aliphatic heterocycles. The molecular formula is C17H16N2O2. The molecule has 0 atom stereocenters. The van der Waals surface area contributed by atoms with Gasteiger partial charge in [-0.25, -0.2) is 0 Å². The Morgan fingerprint density at radius 3 is 2.67 bits per heavy atom. The molecule has 4 heteroatoms. The van der Waals surface area contributed by atoms with Gasteiger partial charge in [-0.2, -0.15) is 0 Å². The Morgan fingerprint density at radius 1 is 1.14 bits per heavy atom. The number of para-hydroxylation sites is 2. The van der Waals surface area contributed by atoms with Crippen LogP contribution < -0.4 is 5.32 Å². The van der Waals surface area contributed by atoms with Gasteiger partial charge in [-0.1, -0.05) is 18.2 Å². The Morgan fingerprint density at radius 2 is 1.90 bits per heavy atom. The molecule has 3 aromatic rings. The summed E-state index contributed by atoms with van der Waals surface area (Å²) in [7, 11) is 0. The molecule has 0 saturated heterocycles. The van der Waals surface area contributed by atoms with Crippen LogP contribution in [0.15, 0.2) is 42.5 Å². The van der Waals surface area contributed by atoms with Gasteiger partial charge in [0, 0.05) is 10.9 Å². The van der Waals surface area contributed by atoms with Crippen molar-refractivity contribution in [3.05, 3.63) is 59.3 Å². The van der Waals surface area contributed by atoms with E-state index < -0.39 is 0 Å². The van der Waals surface area contributed by atoms with Gasteiger partial charge in [0.2, 0.25) is 0 Å². The highest BCUT2D eigenvalue weighted by atomic mass is 16.3. The first-order valence-electron chi connectivity index (χ1n) is 6.74. The minimum atomic E-state index is -0.273. The number of nitrogens with one attached hydrogen (secondary N) is 2. The summed E-state index contributed by atoms with van der Waals surface area (Å²) in [5.74, 6) is -0.223. The monoisotopic (exact) mass is 280 g/mol. The summed E-state index contributed by atoms with van der Waals surface area (Å²) in [6.45, 7) is 4.04. The maximum absolute atomic E-state index is 12.3. The summed E-state index contributed by atoms with van der Waals surface area (Å²) in [6.07, 6.45) is 0. The minimum absolute atomic E-state index is 0.0500. The molecule has 3 rings (SSSR count). The Hall–Kier alpha value is -2.75. The van der Waals surface area contributed by atoms with Gasteiger partial charge in [0.15, 0.2) is 0 Å². The molecule has 1 aromatic heterocycles. The van der Waals surface area contributed by atoms with Crippen LogP contribution in [0.5, 0.6) is 5.75 Å². The van der Waals surface area contributed by atoms with Crippen molar-refractivity contribution in [2.24, 2.45) is 0 Å². The van der Waals surface area contributed by atoms with E-state index in [0.717, 1.165) is 22.0 Å². The topological polar surface area (TPSA) is 65.1 Å². The number of phenols is 1. The SMILES string of the molecule is Cc1cc(C)c2cc(C(=O)Nc3ccccc3O)[nH]c2c1. The van der Waals surface area contributed by atoms with Gasteiger partial charge in [-0.05, 0) is 49.2 Å². The number of hydrogen-bond acceptors (Lipinski definition) is 2. The van der Waals surface area contributed by atoms with E-state index in [0.29, 0.717) is 11.4 Å². The molecule has 2 aromatic carbocycles. The van der Waals surface area contributed by atoms with Crippen LogP contribution in [0.2, 0.25) is 0 Å². The Bertz CT molecular complexity index is 834. The molecule has 0 bridgehead atoms. The third kappa shape index (κ3) is 2.48. The normalized spacial score (nSPS) is 10.8. The highest BCUT2D eigenvalue weighted by Crippen LogP contribution is 2.24. The number of aromatic hydroxyl groups is 1. The van der Waals surface area contributed by atoms with Crippen LogP contribution in [0.25, 0.3) is 10.9 Å². The van der Waals surface area contributed by atoms with E-state index in [2.05, 4.69) is 16.4 Å². The van der Waals surface area contributed by atoms with Crippen molar-refractivity contribution in [3.63, 3.8) is 0 Å². The van der Waals surface area contributed by atoms with Crippen molar-refractivity contribution in [2.75, 3.05) is 5.32 Å². The first-order chi connectivity index (χ1) is 10.0. The number of rotatable bonds is 2. The van der Waals surface area contributed by atoms with Crippen LogP contribution in [0, 0.1) is 13.8 Å². The lowest BCUT2D eigenvalue weighted by atomic mass is 10.1. The van der Waals surface area contributed by atoms with E-state index in [1.807, 2.05) is 26.0 Å². The van der Waals surface area contributed by atoms with E-state index in [-0.39, 0.29) is 11.7 Å². The number of carbonyl (C=O) groups excluding carboxylic acids is 1. The van der Waals surface area contributed by atoms with Crippen LogP contribution in [0.1, 0.15) is 21.6 Å². The molecule has 1 amide bonds. The number of phenolic OH excluding ortho intramolecular Hbond substituents is 1. The predicted octanol–water partition coefficient (Wildman–Crippen LogP) is 3.74. The third-order valence-electron chi connectivity index (χ3n) is 3.49. The van der Waals surface area contributed by atoms with E-state index in [1.54, 1.807) is 18.2 Å². The quantitative estimate of drug-likeness (QED) is 0.626. The molecule has 106 valence electrons. The number of aryl methyl sites for hydroxylation is 2. The molecule has 0 aliphatic rings. The largest absolute Gasteiger partial charge is 0.506 e. The van der Waals surface area contributed by atoms with Gasteiger partial charge in [0.1, 0.15) is 11.4 Å². The fourth-order valence-electron chi connectivity index (χ4n) is 2.49. The molecule has 21 heavy (non-hydrogen) atoms. The summed E-state index contributed by atoms with van der Waals surface area (Å²) in [6, 6.07) is 12.6. The van der Waals surface area contributed by atoms with Crippen molar-refractivity contribution < 1.29 is 9.90 Å². The van der Waals surface area contributed by atoms with Crippen LogP contribution in [0.4, 0.5) is 5.69 Å². The average molecular weight is 280 g/mol. The van der Waals surface area contributed by atoms with Gasteiger partial charge in [-0.3, -0.25) is 4.79 Å². The van der Waals surface area contributed by atoms with Crippen LogP contribution in [0.3, 0.4) is 0 Å². The van der Waals surface area contributed by atoms with Crippen molar-refractivity contribution in [2.45, 2.75) is 13.8 Å². The van der Waals surface area contributed by atoms with Crippen molar-refractivity contribution in [1.82, 2.24) is 4.98 Å². The van der Waals surface area contributed by atoms with Gasteiger partial charge in [0.25, 0.3) is 5.91 Å². The molecule has 0 unspecified atom stereocenters. The number of hydrogen-bond donors (Lipinski definition) is 3. The number of aromatic nitrogens is 1. The number of amides is 1. The van der Waals surface area contributed by atoms with Gasteiger partial charge < -0.3 is 15.4 Å². The highest BCUT2D eigenvalue weighted by molar-refractivity contribution is 6.06. The fourth-order valence-corrected chi connectivity index (χ4v) is 2.49. The molecule has 1 heterocycles. The first kappa shape index (κ1) is 13.2. The second-order valence-electron chi connectivity index (χ2n) is 5.20. The summed E-state index contributed by atoms with van der Waals surface area (Å²) < 4.78 is 0. The summed E-state index contributed by atoms with van der Waals surface area (Å²) >= 11 is 0. The zero-order valence-electron chi connectivity index (χ0n) is 11.9. The van der Waals surface area contributed by atoms with Crippen LogP contribution in [-0.2, 0) is 0 Å². The molecular weight excluding hydrogens is 264 g/mol. The maximum atomic E-state index is 12.3. The first-order valence-corrected chi connectivity index (χ1v) is 6.74. The zero-order chi connectivity index (χ0) is 15.0. The molecule has 0 fully saturated rings. The van der Waals surface area contributed by atoms with Crippen molar-refractivity contribution in [1.29, 1.82) is 0 Å². The molecule has 3 N–H and O–H groups in total. The Balaban J connectivity index is 1.95. The number of fused-ring (bicyclic) bond motifs is 1. The van der Waals surface area contributed by atoms with Gasteiger partial charge in [-0.15, -0.1) is 0 Å². The Kier molecular flexibility index (Phi) is 3.14. The van der Waals surface area contributed by atoms with E-state index >= 15 is 0 Å². The number of benzene rings is 2. The number of aromatic amines is 1. The van der Waals surface area contributed by atoms with Crippen molar-refractivity contribution >= 4 is 22.5 Å². The van der Waals surface area contributed by atoms with Crippen LogP contribution in [-0.4, -0.2) is 16.0 Å². The fraction of sp³-hybridized carbons (Fsp3) is 0.118. The molecule has 0 aliphatic carbocycles. The van der Waals surface area contributed by atoms with Crippen molar-refractivity contribution in [3.8, 4) is 5.75 Å². The summed E-state index contributed by atoms with van der Waals surface area (Å²) in [5.41, 5.74) is 4.09. The van der Waals surface area contributed by atoms with E-state index in [9.17, 15) is 9.90 Å². The lowest BCUT2D eigenvalue weighted by molar-refractivity contribution is 0.102. The number of carbonyl (C=O) groups is 1. The minimum Gasteiger partial charge on any atom is -0.506 e. The standard InChI is InChI=1S/C17H16N2O2/c1-10-7-11(2)12-9-15(18-14(12)8-10)17(21)19-13-5-3-4-6-16(13)20/h3-9,18,20H,1-2H3,(H,19,21). The molecule has 0 spiro atoms. The molecule has 4 nitrogen and oxygen atoms in total. The molecule has 0 saturated carbocycles. The lowest BCUT2D eigenvalue weighted by Crippen LogP contribution is -2.12. The smallest absolute Gasteiger partial charge is 0.272 e. The number of anilines is 1. The van der Waals surface area contributed by atoms with Gasteiger partial charge >= 0.3 is 0 Å². The third-order valence-corrected chi connectivity index (χ3v) is 3.49. The van der Waals surface area contributed by atoms with E-state index in [1.165, 1.54) is 6.07 Å². The average Bonchev–Trinajstić information content (AvgIpc) is 2.85. The molecule has 0 radical (unpaired) electrons. The second-order valence-corrected chi connectivity index (χ2v) is 5.20. The Labute approximate surface area is 122 Å². The number of H-pyrrole nitrogens is 1.